The minimum absolute atomic E-state index is 0.0566. The molecule has 0 aliphatic carbocycles. The molecule has 2 aromatic rings. The Morgan fingerprint density at radius 1 is 1.23 bits per heavy atom. The fourth-order valence-electron chi connectivity index (χ4n) is 1.80. The van der Waals surface area contributed by atoms with E-state index in [1.807, 2.05) is 36.6 Å². The van der Waals surface area contributed by atoms with Crippen LogP contribution in [-0.4, -0.2) is 16.8 Å². The van der Waals surface area contributed by atoms with Crippen molar-refractivity contribution in [3.63, 3.8) is 0 Å². The van der Waals surface area contributed by atoms with E-state index in [4.69, 9.17) is 0 Å². The molecule has 0 aliphatic rings. The predicted molar refractivity (Wildman–Crippen MR) is 88.5 cm³/mol. The average Bonchev–Trinajstić information content (AvgIpc) is 2.94. The van der Waals surface area contributed by atoms with E-state index in [0.717, 1.165) is 23.4 Å². The van der Waals surface area contributed by atoms with Gasteiger partial charge in [0.15, 0.2) is 0 Å². The Labute approximate surface area is 132 Å². The number of carbonyl (C=O) groups excluding carboxylic acids is 2. The molecule has 116 valence electrons. The van der Waals surface area contributed by atoms with Gasteiger partial charge in [-0.15, -0.1) is 11.3 Å². The van der Waals surface area contributed by atoms with Crippen molar-refractivity contribution in [2.24, 2.45) is 0 Å². The van der Waals surface area contributed by atoms with Crippen LogP contribution >= 0.6 is 11.3 Å². The first-order chi connectivity index (χ1) is 10.6. The van der Waals surface area contributed by atoms with Crippen molar-refractivity contribution in [1.82, 2.24) is 10.4 Å². The number of thiazole rings is 1. The van der Waals surface area contributed by atoms with Crippen LogP contribution in [0.15, 0.2) is 29.6 Å². The summed E-state index contributed by atoms with van der Waals surface area (Å²) in [5.74, 6) is -0.158. The van der Waals surface area contributed by atoms with Crippen molar-refractivity contribution in [1.29, 1.82) is 0 Å². The van der Waals surface area contributed by atoms with Gasteiger partial charge in [-0.05, 0) is 18.6 Å². The minimum atomic E-state index is -0.101. The molecule has 1 aromatic carbocycles. The lowest BCUT2D eigenvalue weighted by Crippen LogP contribution is -2.28. The van der Waals surface area contributed by atoms with Gasteiger partial charge in [0.05, 0.1) is 5.69 Å². The monoisotopic (exact) mass is 318 g/mol. The van der Waals surface area contributed by atoms with Crippen LogP contribution in [0, 0.1) is 0 Å². The topological polar surface area (TPSA) is 83.1 Å². The Hall–Kier alpha value is -2.41. The van der Waals surface area contributed by atoms with Gasteiger partial charge in [-0.3, -0.25) is 20.4 Å². The molecule has 3 N–H and O–H groups in total. The van der Waals surface area contributed by atoms with Crippen LogP contribution in [0.3, 0.4) is 0 Å². The number of hydrazine groups is 1. The van der Waals surface area contributed by atoms with Gasteiger partial charge in [0.1, 0.15) is 0 Å². The highest BCUT2D eigenvalue weighted by molar-refractivity contribution is 7.14. The molecule has 6 nitrogen and oxygen atoms in total. The normalized spacial score (nSPS) is 10.1. The first-order valence-electron chi connectivity index (χ1n) is 6.97. The van der Waals surface area contributed by atoms with E-state index in [1.165, 1.54) is 18.3 Å². The van der Waals surface area contributed by atoms with Crippen molar-refractivity contribution in [3.05, 3.63) is 29.6 Å². The zero-order valence-corrected chi connectivity index (χ0v) is 13.3. The standard InChI is InChI=1S/C15H18N4O2S/c1-3-4-14(21)18-19-15-17-13(9-22-15)11-5-7-12(8-6-11)16-10(2)20/h5-9H,3-4H2,1-2H3,(H,16,20)(H,17,19)(H,18,21). The molecule has 0 unspecified atom stereocenters. The molecule has 0 fully saturated rings. The lowest BCUT2D eigenvalue weighted by molar-refractivity contribution is -0.120. The number of anilines is 2. The molecule has 1 aromatic heterocycles. The summed E-state index contributed by atoms with van der Waals surface area (Å²) >= 11 is 1.41. The summed E-state index contributed by atoms with van der Waals surface area (Å²) in [4.78, 5) is 26.8. The maximum atomic E-state index is 11.4. The highest BCUT2D eigenvalue weighted by Gasteiger charge is 2.06. The molecule has 0 bridgehead atoms. The SMILES string of the molecule is CCCC(=O)NNc1nc(-c2ccc(NC(C)=O)cc2)cs1. The summed E-state index contributed by atoms with van der Waals surface area (Å²) in [7, 11) is 0. The van der Waals surface area contributed by atoms with Crippen LogP contribution in [-0.2, 0) is 9.59 Å². The van der Waals surface area contributed by atoms with Gasteiger partial charge in [-0.2, -0.15) is 0 Å². The third-order valence-corrected chi connectivity index (χ3v) is 3.55. The highest BCUT2D eigenvalue weighted by Crippen LogP contribution is 2.25. The molecule has 2 amide bonds. The molecule has 0 saturated heterocycles. The van der Waals surface area contributed by atoms with Crippen LogP contribution in [0.5, 0.6) is 0 Å². The van der Waals surface area contributed by atoms with Gasteiger partial charge in [0, 0.05) is 30.0 Å². The summed E-state index contributed by atoms with van der Waals surface area (Å²) < 4.78 is 0. The van der Waals surface area contributed by atoms with Gasteiger partial charge >= 0.3 is 0 Å². The number of amides is 2. The largest absolute Gasteiger partial charge is 0.326 e. The van der Waals surface area contributed by atoms with Crippen LogP contribution in [0.1, 0.15) is 26.7 Å². The molecule has 0 spiro atoms. The highest BCUT2D eigenvalue weighted by atomic mass is 32.1. The molecule has 2 rings (SSSR count). The number of rotatable bonds is 6. The fraction of sp³-hybridized carbons (Fsp3) is 0.267. The number of aromatic nitrogens is 1. The van der Waals surface area contributed by atoms with Gasteiger partial charge in [-0.25, -0.2) is 4.98 Å². The summed E-state index contributed by atoms with van der Waals surface area (Å²) in [5, 5.41) is 5.25. The van der Waals surface area contributed by atoms with E-state index in [0.29, 0.717) is 11.6 Å². The van der Waals surface area contributed by atoms with Gasteiger partial charge < -0.3 is 5.32 Å². The van der Waals surface area contributed by atoms with Gasteiger partial charge in [-0.1, -0.05) is 19.1 Å². The average molecular weight is 318 g/mol. The van der Waals surface area contributed by atoms with Crippen LogP contribution in [0.25, 0.3) is 11.3 Å². The molecule has 0 aliphatic heterocycles. The molecule has 0 saturated carbocycles. The fourth-order valence-corrected chi connectivity index (χ4v) is 2.48. The van der Waals surface area contributed by atoms with Crippen LogP contribution < -0.4 is 16.2 Å². The van der Waals surface area contributed by atoms with E-state index >= 15 is 0 Å². The zero-order valence-electron chi connectivity index (χ0n) is 12.5. The second kappa shape index (κ2) is 7.56. The maximum Gasteiger partial charge on any atom is 0.238 e. The Morgan fingerprint density at radius 2 is 1.95 bits per heavy atom. The molecule has 1 heterocycles. The van der Waals surface area contributed by atoms with Crippen molar-refractivity contribution < 1.29 is 9.59 Å². The lowest BCUT2D eigenvalue weighted by atomic mass is 10.1. The number of benzene rings is 1. The number of hydrogen-bond donors (Lipinski definition) is 3. The third kappa shape index (κ3) is 4.56. The minimum Gasteiger partial charge on any atom is -0.326 e. The summed E-state index contributed by atoms with van der Waals surface area (Å²) in [6.45, 7) is 3.42. The summed E-state index contributed by atoms with van der Waals surface area (Å²) in [5.41, 5.74) is 7.92. The van der Waals surface area contributed by atoms with Crippen molar-refractivity contribution in [2.75, 3.05) is 10.7 Å². The molecule has 7 heteroatoms. The summed E-state index contributed by atoms with van der Waals surface area (Å²) in [6.07, 6.45) is 1.28. The Bertz CT molecular complexity index is 652. The second-order valence-electron chi connectivity index (χ2n) is 4.72. The Morgan fingerprint density at radius 3 is 2.59 bits per heavy atom. The Kier molecular flexibility index (Phi) is 5.48. The Balaban J connectivity index is 1.98. The van der Waals surface area contributed by atoms with Crippen LogP contribution in [0.4, 0.5) is 10.8 Å². The van der Waals surface area contributed by atoms with E-state index in [-0.39, 0.29) is 11.8 Å². The second-order valence-corrected chi connectivity index (χ2v) is 5.58. The van der Waals surface area contributed by atoms with Crippen molar-refractivity contribution in [3.8, 4) is 11.3 Å². The number of carbonyl (C=O) groups is 2. The maximum absolute atomic E-state index is 11.4. The van der Waals surface area contributed by atoms with Gasteiger partial charge in [0.25, 0.3) is 0 Å². The molecule has 0 radical (unpaired) electrons. The number of nitrogens with zero attached hydrogens (tertiary/aromatic N) is 1. The molecular weight excluding hydrogens is 300 g/mol. The zero-order chi connectivity index (χ0) is 15.9. The predicted octanol–water partition coefficient (Wildman–Crippen LogP) is 3.01. The smallest absolute Gasteiger partial charge is 0.238 e. The van der Waals surface area contributed by atoms with E-state index in [2.05, 4.69) is 21.2 Å². The quantitative estimate of drug-likeness (QED) is 0.715. The molecule has 22 heavy (non-hydrogen) atoms. The van der Waals surface area contributed by atoms with Crippen molar-refractivity contribution in [2.45, 2.75) is 26.7 Å². The number of hydrogen-bond acceptors (Lipinski definition) is 5. The van der Waals surface area contributed by atoms with E-state index in [9.17, 15) is 9.59 Å². The first kappa shape index (κ1) is 16.0. The lowest BCUT2D eigenvalue weighted by Gasteiger charge is -2.04. The first-order valence-corrected chi connectivity index (χ1v) is 7.85. The van der Waals surface area contributed by atoms with E-state index < -0.39 is 0 Å². The van der Waals surface area contributed by atoms with Gasteiger partial charge in [0.2, 0.25) is 16.9 Å². The van der Waals surface area contributed by atoms with Crippen molar-refractivity contribution >= 4 is 34.0 Å². The number of nitrogens with one attached hydrogen (secondary N) is 3. The van der Waals surface area contributed by atoms with E-state index in [1.54, 1.807) is 0 Å². The molecular formula is C15H18N4O2S. The van der Waals surface area contributed by atoms with Crippen LogP contribution in [0.2, 0.25) is 0 Å². The summed E-state index contributed by atoms with van der Waals surface area (Å²) in [6, 6.07) is 7.43. The third-order valence-electron chi connectivity index (χ3n) is 2.79. The molecule has 0 atom stereocenters.